The van der Waals surface area contributed by atoms with Crippen molar-refractivity contribution in [2.75, 3.05) is 20.7 Å². The van der Waals surface area contributed by atoms with E-state index in [4.69, 9.17) is 0 Å². The van der Waals surface area contributed by atoms with E-state index in [2.05, 4.69) is 23.6 Å². The molecule has 0 aromatic heterocycles. The molecule has 0 aromatic carbocycles. The molecule has 88 valence electrons. The number of carbonyl (C=O) groups excluding carboxylic acids is 1. The van der Waals surface area contributed by atoms with Gasteiger partial charge in [-0.2, -0.15) is 0 Å². The molecule has 3 heteroatoms. The highest BCUT2D eigenvalue weighted by molar-refractivity contribution is 5.69. The summed E-state index contributed by atoms with van der Waals surface area (Å²) in [6.07, 6.45) is 5.97. The Kier molecular flexibility index (Phi) is 5.09. The fourth-order valence-corrected chi connectivity index (χ4v) is 2.26. The monoisotopic (exact) mass is 213 g/mol. The van der Waals surface area contributed by atoms with E-state index in [1.807, 2.05) is 0 Å². The summed E-state index contributed by atoms with van der Waals surface area (Å²) in [5.41, 5.74) is 0. The zero-order chi connectivity index (χ0) is 11.3. The Morgan fingerprint density at radius 3 is 2.60 bits per heavy atom. The van der Waals surface area contributed by atoms with Gasteiger partial charge < -0.3 is 9.64 Å². The first kappa shape index (κ1) is 12.5. The largest absolute Gasteiger partial charge is 0.469 e. The zero-order valence-electron chi connectivity index (χ0n) is 10.2. The lowest BCUT2D eigenvalue weighted by Crippen LogP contribution is -2.34. The van der Waals surface area contributed by atoms with E-state index in [-0.39, 0.29) is 12.0 Å². The van der Waals surface area contributed by atoms with Crippen molar-refractivity contribution in [3.8, 4) is 0 Å². The molecule has 1 atom stereocenters. The van der Waals surface area contributed by atoms with Gasteiger partial charge in [0.2, 0.25) is 0 Å². The molecule has 0 spiro atoms. The van der Waals surface area contributed by atoms with Crippen molar-refractivity contribution in [2.45, 2.75) is 45.1 Å². The molecule has 0 radical (unpaired) electrons. The fraction of sp³-hybridized carbons (Fsp3) is 0.917. The van der Waals surface area contributed by atoms with Crippen LogP contribution in [0.4, 0.5) is 0 Å². The number of esters is 1. The van der Waals surface area contributed by atoms with Gasteiger partial charge in [0.1, 0.15) is 0 Å². The Morgan fingerprint density at radius 2 is 2.07 bits per heavy atom. The number of hydrogen-bond acceptors (Lipinski definition) is 3. The molecule has 15 heavy (non-hydrogen) atoms. The van der Waals surface area contributed by atoms with Crippen LogP contribution in [-0.2, 0) is 9.53 Å². The van der Waals surface area contributed by atoms with Gasteiger partial charge in [-0.25, -0.2) is 0 Å². The van der Waals surface area contributed by atoms with Crippen molar-refractivity contribution in [1.82, 2.24) is 4.90 Å². The number of rotatable bonds is 5. The van der Waals surface area contributed by atoms with Gasteiger partial charge in [0.25, 0.3) is 0 Å². The van der Waals surface area contributed by atoms with Crippen LogP contribution < -0.4 is 0 Å². The van der Waals surface area contributed by atoms with Crippen molar-refractivity contribution in [3.05, 3.63) is 0 Å². The summed E-state index contributed by atoms with van der Waals surface area (Å²) in [5.74, 6) is 0.732. The fourth-order valence-electron chi connectivity index (χ4n) is 2.26. The topological polar surface area (TPSA) is 29.5 Å². The molecule has 0 N–H and O–H groups in total. The third kappa shape index (κ3) is 4.20. The van der Waals surface area contributed by atoms with Gasteiger partial charge in [-0.05, 0) is 32.7 Å². The molecule has 1 fully saturated rings. The van der Waals surface area contributed by atoms with Crippen LogP contribution in [0.15, 0.2) is 0 Å². The number of hydrogen-bond donors (Lipinski definition) is 0. The van der Waals surface area contributed by atoms with Gasteiger partial charge in [-0.15, -0.1) is 0 Å². The number of carbonyl (C=O) groups is 1. The standard InChI is InChI=1S/C12H23NO2/c1-10(8-12(14)15-3)13(2)9-11-6-4-5-7-11/h10-11H,4-9H2,1-3H3. The summed E-state index contributed by atoms with van der Waals surface area (Å²) in [6, 6.07) is 0.290. The molecule has 1 aliphatic carbocycles. The van der Waals surface area contributed by atoms with Gasteiger partial charge in [0.05, 0.1) is 13.5 Å². The van der Waals surface area contributed by atoms with Crippen molar-refractivity contribution in [3.63, 3.8) is 0 Å². The maximum absolute atomic E-state index is 11.1. The van der Waals surface area contributed by atoms with Crippen LogP contribution in [0, 0.1) is 5.92 Å². The lowest BCUT2D eigenvalue weighted by molar-refractivity contribution is -0.141. The molecule has 3 nitrogen and oxygen atoms in total. The summed E-state index contributed by atoms with van der Waals surface area (Å²) in [7, 11) is 3.55. The van der Waals surface area contributed by atoms with E-state index in [1.165, 1.54) is 32.8 Å². The van der Waals surface area contributed by atoms with Gasteiger partial charge in [-0.3, -0.25) is 4.79 Å². The maximum atomic E-state index is 11.1. The van der Waals surface area contributed by atoms with Crippen molar-refractivity contribution in [2.24, 2.45) is 5.92 Å². The third-order valence-electron chi connectivity index (χ3n) is 3.46. The Labute approximate surface area is 92.8 Å². The van der Waals surface area contributed by atoms with Crippen LogP contribution in [0.3, 0.4) is 0 Å². The van der Waals surface area contributed by atoms with Crippen LogP contribution in [0.2, 0.25) is 0 Å². The first-order chi connectivity index (χ1) is 7.13. The summed E-state index contributed by atoms with van der Waals surface area (Å²) < 4.78 is 4.68. The van der Waals surface area contributed by atoms with E-state index in [9.17, 15) is 4.79 Å². The Morgan fingerprint density at radius 1 is 1.47 bits per heavy atom. The van der Waals surface area contributed by atoms with E-state index < -0.39 is 0 Å². The minimum atomic E-state index is -0.110. The normalized spacial score (nSPS) is 19.5. The second-order valence-electron chi connectivity index (χ2n) is 4.72. The zero-order valence-corrected chi connectivity index (χ0v) is 10.2. The first-order valence-electron chi connectivity index (χ1n) is 5.90. The van der Waals surface area contributed by atoms with Crippen LogP contribution >= 0.6 is 0 Å². The number of nitrogens with zero attached hydrogens (tertiary/aromatic N) is 1. The molecule has 1 rings (SSSR count). The van der Waals surface area contributed by atoms with E-state index in [1.54, 1.807) is 0 Å². The molecule has 0 saturated heterocycles. The number of ether oxygens (including phenoxy) is 1. The second-order valence-corrected chi connectivity index (χ2v) is 4.72. The molecule has 1 saturated carbocycles. The highest BCUT2D eigenvalue weighted by Gasteiger charge is 2.20. The van der Waals surface area contributed by atoms with Crippen molar-refractivity contribution >= 4 is 5.97 Å². The molecule has 0 aromatic rings. The van der Waals surface area contributed by atoms with E-state index in [0.717, 1.165) is 12.5 Å². The van der Waals surface area contributed by atoms with Gasteiger partial charge in [-0.1, -0.05) is 12.8 Å². The summed E-state index contributed by atoms with van der Waals surface area (Å²) in [4.78, 5) is 13.4. The predicted molar refractivity (Wildman–Crippen MR) is 60.7 cm³/mol. The molecule has 0 bridgehead atoms. The molecule has 1 aliphatic rings. The maximum Gasteiger partial charge on any atom is 0.307 e. The smallest absolute Gasteiger partial charge is 0.307 e. The van der Waals surface area contributed by atoms with Crippen LogP contribution in [0.5, 0.6) is 0 Å². The Bertz CT molecular complexity index is 200. The molecule has 0 amide bonds. The van der Waals surface area contributed by atoms with Gasteiger partial charge in [0.15, 0.2) is 0 Å². The Balaban J connectivity index is 2.25. The quantitative estimate of drug-likeness (QED) is 0.655. The minimum Gasteiger partial charge on any atom is -0.469 e. The minimum absolute atomic E-state index is 0.110. The van der Waals surface area contributed by atoms with Gasteiger partial charge >= 0.3 is 5.97 Å². The molecule has 0 aliphatic heterocycles. The van der Waals surface area contributed by atoms with E-state index >= 15 is 0 Å². The lowest BCUT2D eigenvalue weighted by Gasteiger charge is -2.26. The van der Waals surface area contributed by atoms with Crippen molar-refractivity contribution in [1.29, 1.82) is 0 Å². The number of methoxy groups -OCH3 is 1. The predicted octanol–water partition coefficient (Wildman–Crippen LogP) is 2.06. The molecule has 1 unspecified atom stereocenters. The van der Waals surface area contributed by atoms with E-state index in [0.29, 0.717) is 6.42 Å². The summed E-state index contributed by atoms with van der Waals surface area (Å²) >= 11 is 0. The van der Waals surface area contributed by atoms with Crippen molar-refractivity contribution < 1.29 is 9.53 Å². The van der Waals surface area contributed by atoms with Gasteiger partial charge in [0, 0.05) is 12.6 Å². The van der Waals surface area contributed by atoms with Crippen LogP contribution in [0.1, 0.15) is 39.0 Å². The summed E-state index contributed by atoms with van der Waals surface area (Å²) in [6.45, 7) is 3.21. The average Bonchev–Trinajstić information content (AvgIpc) is 2.70. The molecule has 0 heterocycles. The Hall–Kier alpha value is -0.570. The highest BCUT2D eigenvalue weighted by atomic mass is 16.5. The SMILES string of the molecule is COC(=O)CC(C)N(C)CC1CCCC1. The average molecular weight is 213 g/mol. The second kappa shape index (κ2) is 6.11. The van der Waals surface area contributed by atoms with Crippen LogP contribution in [-0.4, -0.2) is 37.6 Å². The van der Waals surface area contributed by atoms with Crippen LogP contribution in [0.25, 0.3) is 0 Å². The summed E-state index contributed by atoms with van der Waals surface area (Å²) in [5, 5.41) is 0. The molecular weight excluding hydrogens is 190 g/mol. The lowest BCUT2D eigenvalue weighted by atomic mass is 10.1. The first-order valence-corrected chi connectivity index (χ1v) is 5.90. The highest BCUT2D eigenvalue weighted by Crippen LogP contribution is 2.25. The third-order valence-corrected chi connectivity index (χ3v) is 3.46. The molecular formula is C12H23NO2.